The molecule has 110 valence electrons. The molecule has 2 N–H and O–H groups in total. The molecule has 1 spiro atoms. The number of carbonyl (C=O) groups is 1. The lowest BCUT2D eigenvalue weighted by atomic mass is 9.86. The molecule has 0 aromatic carbocycles. The maximum atomic E-state index is 10.8. The van der Waals surface area contributed by atoms with Gasteiger partial charge in [-0.3, -0.25) is 0 Å². The summed E-state index contributed by atoms with van der Waals surface area (Å²) in [6, 6.07) is 0. The second-order valence-corrected chi connectivity index (χ2v) is 6.24. The third-order valence-corrected chi connectivity index (χ3v) is 4.22. The number of aliphatic carboxylic acids is 1. The number of imidazole rings is 1. The van der Waals surface area contributed by atoms with E-state index in [1.165, 1.54) is 0 Å². The Kier molecular flexibility index (Phi) is 3.36. The minimum atomic E-state index is -0.995. The van der Waals surface area contributed by atoms with Crippen LogP contribution < -0.4 is 5.32 Å². The molecular weight excluding hydrogens is 330 g/mol. The van der Waals surface area contributed by atoms with Crippen LogP contribution in [0.5, 0.6) is 0 Å². The lowest BCUT2D eigenvalue weighted by molar-refractivity contribution is -0.151. The monoisotopic (exact) mass is 345 g/mol. The largest absolute Gasteiger partial charge is 0.480 e. The fraction of sp³-hybridized carbons (Fsp3) is 0.667. The lowest BCUT2D eigenvalue weighted by Crippen LogP contribution is -2.59. The molecule has 1 aromatic rings. The van der Waals surface area contributed by atoms with Crippen LogP contribution in [0, 0.1) is 0 Å². The van der Waals surface area contributed by atoms with Gasteiger partial charge in [0.05, 0.1) is 12.2 Å². The van der Waals surface area contributed by atoms with Crippen molar-refractivity contribution in [3.63, 3.8) is 0 Å². The minimum Gasteiger partial charge on any atom is -0.480 e. The number of hydrogen-bond donors (Lipinski definition) is 2. The maximum absolute atomic E-state index is 10.8. The van der Waals surface area contributed by atoms with Crippen LogP contribution in [-0.4, -0.2) is 52.5 Å². The molecule has 2 aliphatic rings. The molecule has 0 bridgehead atoms. The van der Waals surface area contributed by atoms with Crippen LogP contribution in [-0.2, 0) is 26.9 Å². The van der Waals surface area contributed by atoms with Crippen molar-refractivity contribution in [2.75, 3.05) is 26.3 Å². The fourth-order valence-corrected chi connectivity index (χ4v) is 3.35. The van der Waals surface area contributed by atoms with Crippen molar-refractivity contribution < 1.29 is 19.4 Å². The first-order valence-corrected chi connectivity index (χ1v) is 7.14. The first-order chi connectivity index (χ1) is 9.45. The highest BCUT2D eigenvalue weighted by molar-refractivity contribution is 9.10. The van der Waals surface area contributed by atoms with Gasteiger partial charge in [-0.25, -0.2) is 9.78 Å². The number of halogens is 1. The van der Waals surface area contributed by atoms with Gasteiger partial charge in [-0.2, -0.15) is 0 Å². The molecular formula is C12H16BrN3O4. The van der Waals surface area contributed by atoms with Crippen LogP contribution in [0.2, 0.25) is 0 Å². The Balaban J connectivity index is 1.91. The van der Waals surface area contributed by atoms with E-state index in [1.54, 1.807) is 0 Å². The molecule has 20 heavy (non-hydrogen) atoms. The number of hydrogen-bond acceptors (Lipinski definition) is 5. The summed E-state index contributed by atoms with van der Waals surface area (Å²) in [6.07, 6.45) is 2.43. The molecule has 8 heteroatoms. The van der Waals surface area contributed by atoms with Gasteiger partial charge < -0.3 is 24.5 Å². The normalized spacial score (nSPS) is 27.7. The summed E-state index contributed by atoms with van der Waals surface area (Å²) in [7, 11) is 1.86. The molecule has 0 amide bonds. The zero-order chi connectivity index (χ0) is 14.4. The quantitative estimate of drug-likeness (QED) is 0.813. The Hall–Kier alpha value is -0.960. The topological polar surface area (TPSA) is 85.6 Å². The fourth-order valence-electron chi connectivity index (χ4n) is 2.88. The SMILES string of the molecule is Cn1cc(Br)nc1C1(OCC(=O)O)COC2(CNC2)C1. The minimum absolute atomic E-state index is 0.253. The van der Waals surface area contributed by atoms with Crippen molar-refractivity contribution in [1.82, 2.24) is 14.9 Å². The molecule has 7 nitrogen and oxygen atoms in total. The number of aryl methyl sites for hydroxylation is 1. The van der Waals surface area contributed by atoms with Crippen LogP contribution in [0.4, 0.5) is 0 Å². The molecule has 2 saturated heterocycles. The summed E-state index contributed by atoms with van der Waals surface area (Å²) in [6.45, 7) is 1.48. The van der Waals surface area contributed by atoms with E-state index in [9.17, 15) is 4.79 Å². The maximum Gasteiger partial charge on any atom is 0.329 e. The molecule has 3 rings (SSSR count). The highest BCUT2D eigenvalue weighted by Crippen LogP contribution is 2.44. The molecule has 2 aliphatic heterocycles. The number of aromatic nitrogens is 2. The predicted molar refractivity (Wildman–Crippen MR) is 72.3 cm³/mol. The lowest BCUT2D eigenvalue weighted by Gasteiger charge is -2.39. The predicted octanol–water partition coefficient (Wildman–Crippen LogP) is 0.241. The summed E-state index contributed by atoms with van der Waals surface area (Å²) in [4.78, 5) is 15.3. The zero-order valence-corrected chi connectivity index (χ0v) is 12.6. The first kappa shape index (κ1) is 14.0. The van der Waals surface area contributed by atoms with Crippen molar-refractivity contribution in [3.05, 3.63) is 16.6 Å². The summed E-state index contributed by atoms with van der Waals surface area (Å²) < 4.78 is 14.1. The standard InChI is InChI=1S/C12H16BrN3O4/c1-16-2-8(13)15-10(16)12(19-3-9(17)18)4-11(20-7-12)5-14-6-11/h2,14H,3-7H2,1H3,(H,17,18). The van der Waals surface area contributed by atoms with Crippen molar-refractivity contribution in [2.24, 2.45) is 7.05 Å². The Bertz CT molecular complexity index is 543. The van der Waals surface area contributed by atoms with Crippen LogP contribution >= 0.6 is 15.9 Å². The van der Waals surface area contributed by atoms with Crippen molar-refractivity contribution in [1.29, 1.82) is 0 Å². The smallest absolute Gasteiger partial charge is 0.329 e. The zero-order valence-electron chi connectivity index (χ0n) is 11.1. The summed E-state index contributed by atoms with van der Waals surface area (Å²) in [5, 5.41) is 12.1. The van der Waals surface area contributed by atoms with Gasteiger partial charge in [-0.05, 0) is 15.9 Å². The van der Waals surface area contributed by atoms with Gasteiger partial charge in [0, 0.05) is 32.8 Å². The highest BCUT2D eigenvalue weighted by Gasteiger charge is 2.56. The second kappa shape index (κ2) is 4.80. The highest BCUT2D eigenvalue weighted by atomic mass is 79.9. The second-order valence-electron chi connectivity index (χ2n) is 5.43. The van der Waals surface area contributed by atoms with Crippen LogP contribution in [0.15, 0.2) is 10.8 Å². The average molecular weight is 346 g/mol. The molecule has 0 radical (unpaired) electrons. The molecule has 1 aromatic heterocycles. The van der Waals surface area contributed by atoms with Gasteiger partial charge in [-0.1, -0.05) is 0 Å². The average Bonchev–Trinajstić information content (AvgIpc) is 2.88. The molecule has 3 heterocycles. The van der Waals surface area contributed by atoms with Gasteiger partial charge in [0.2, 0.25) is 0 Å². The van der Waals surface area contributed by atoms with E-state index in [-0.39, 0.29) is 12.2 Å². The molecule has 2 fully saturated rings. The Morgan fingerprint density at radius 1 is 1.70 bits per heavy atom. The number of rotatable bonds is 4. The Morgan fingerprint density at radius 2 is 2.45 bits per heavy atom. The van der Waals surface area contributed by atoms with Gasteiger partial charge >= 0.3 is 5.97 Å². The van der Waals surface area contributed by atoms with Crippen molar-refractivity contribution in [3.8, 4) is 0 Å². The van der Waals surface area contributed by atoms with E-state index < -0.39 is 11.6 Å². The van der Waals surface area contributed by atoms with Crippen molar-refractivity contribution in [2.45, 2.75) is 17.6 Å². The van der Waals surface area contributed by atoms with Crippen LogP contribution in [0.3, 0.4) is 0 Å². The number of carboxylic acid groups (broad SMARTS) is 1. The van der Waals surface area contributed by atoms with E-state index in [0.29, 0.717) is 23.5 Å². The third-order valence-electron chi connectivity index (χ3n) is 3.84. The van der Waals surface area contributed by atoms with Gasteiger partial charge in [0.1, 0.15) is 17.0 Å². The molecule has 1 unspecified atom stereocenters. The molecule has 0 saturated carbocycles. The molecule has 0 aliphatic carbocycles. The summed E-state index contributed by atoms with van der Waals surface area (Å²) in [5.41, 5.74) is -1.06. The Labute approximate surface area is 124 Å². The summed E-state index contributed by atoms with van der Waals surface area (Å²) in [5.74, 6) is -0.306. The van der Waals surface area contributed by atoms with Crippen LogP contribution in [0.1, 0.15) is 12.2 Å². The number of nitrogens with zero attached hydrogens (tertiary/aromatic N) is 2. The van der Waals surface area contributed by atoms with E-state index in [0.717, 1.165) is 13.1 Å². The van der Waals surface area contributed by atoms with Crippen molar-refractivity contribution >= 4 is 21.9 Å². The van der Waals surface area contributed by atoms with E-state index >= 15 is 0 Å². The number of carboxylic acids is 1. The Morgan fingerprint density at radius 3 is 2.90 bits per heavy atom. The van der Waals surface area contributed by atoms with E-state index in [4.69, 9.17) is 14.6 Å². The summed E-state index contributed by atoms with van der Waals surface area (Å²) >= 11 is 3.34. The number of ether oxygens (including phenoxy) is 2. The number of nitrogens with one attached hydrogen (secondary N) is 1. The van der Waals surface area contributed by atoms with Gasteiger partial charge in [-0.15, -0.1) is 0 Å². The van der Waals surface area contributed by atoms with E-state index in [1.807, 2.05) is 17.8 Å². The molecule has 1 atom stereocenters. The van der Waals surface area contributed by atoms with Gasteiger partial charge in [0.25, 0.3) is 0 Å². The van der Waals surface area contributed by atoms with Gasteiger partial charge in [0.15, 0.2) is 5.60 Å². The van der Waals surface area contributed by atoms with E-state index in [2.05, 4.69) is 26.2 Å². The van der Waals surface area contributed by atoms with Crippen LogP contribution in [0.25, 0.3) is 0 Å². The third kappa shape index (κ3) is 2.26. The first-order valence-electron chi connectivity index (χ1n) is 6.35.